The molecule has 2 heterocycles. The quantitative estimate of drug-likeness (QED) is 0.877. The molecule has 20 heavy (non-hydrogen) atoms. The molecule has 114 valence electrons. The third kappa shape index (κ3) is 3.97. The van der Waals surface area contributed by atoms with E-state index in [1.165, 1.54) is 43.6 Å². The van der Waals surface area contributed by atoms with Crippen LogP contribution >= 0.6 is 22.9 Å². The Morgan fingerprint density at radius 1 is 1.25 bits per heavy atom. The molecule has 1 aliphatic heterocycles. The normalized spacial score (nSPS) is 19.8. The molecule has 1 aromatic rings. The summed E-state index contributed by atoms with van der Waals surface area (Å²) in [5.74, 6) is 0. The van der Waals surface area contributed by atoms with E-state index in [-0.39, 0.29) is 5.54 Å². The molecular formula is C16H27ClN2S. The average Bonchev–Trinajstić information content (AvgIpc) is 2.68. The molecule has 4 heteroatoms. The maximum Gasteiger partial charge on any atom is 0.0931 e. The first-order chi connectivity index (χ1) is 9.54. The molecule has 2 nitrogen and oxygen atoms in total. The van der Waals surface area contributed by atoms with Gasteiger partial charge in [0.05, 0.1) is 4.34 Å². The summed E-state index contributed by atoms with van der Waals surface area (Å²) in [7, 11) is 2.08. The van der Waals surface area contributed by atoms with Crippen LogP contribution < -0.4 is 5.32 Å². The minimum absolute atomic E-state index is 0.176. The molecule has 0 bridgehead atoms. The molecule has 1 atom stereocenters. The van der Waals surface area contributed by atoms with E-state index in [1.807, 2.05) is 6.07 Å². The second kappa shape index (κ2) is 7.26. The third-order valence-electron chi connectivity index (χ3n) is 4.66. The van der Waals surface area contributed by atoms with Crippen LogP contribution in [0.25, 0.3) is 0 Å². The largest absolute Gasteiger partial charge is 0.315 e. The fourth-order valence-electron chi connectivity index (χ4n) is 3.24. The van der Waals surface area contributed by atoms with Crippen LogP contribution in [0.5, 0.6) is 0 Å². The number of halogens is 1. The van der Waals surface area contributed by atoms with Crippen molar-refractivity contribution in [2.45, 2.75) is 57.5 Å². The summed E-state index contributed by atoms with van der Waals surface area (Å²) >= 11 is 7.76. The lowest BCUT2D eigenvalue weighted by molar-refractivity contribution is 0.0867. The van der Waals surface area contributed by atoms with Gasteiger partial charge in [-0.25, -0.2) is 0 Å². The molecule has 0 saturated carbocycles. The van der Waals surface area contributed by atoms with Gasteiger partial charge < -0.3 is 5.32 Å². The summed E-state index contributed by atoms with van der Waals surface area (Å²) < 4.78 is 0.891. The lowest BCUT2D eigenvalue weighted by Gasteiger charge is -2.44. The Morgan fingerprint density at radius 3 is 2.40 bits per heavy atom. The van der Waals surface area contributed by atoms with Crippen molar-refractivity contribution in [1.29, 1.82) is 0 Å². The minimum Gasteiger partial charge on any atom is -0.315 e. The van der Waals surface area contributed by atoms with Crippen LogP contribution in [0.1, 0.15) is 44.4 Å². The molecule has 1 aliphatic rings. The van der Waals surface area contributed by atoms with Gasteiger partial charge in [0.2, 0.25) is 0 Å². The maximum atomic E-state index is 6.06. The first-order valence-corrected chi connectivity index (χ1v) is 8.90. The SMILES string of the molecule is CNC(Cc1ccc(Cl)s1)C(C)(C)N1CCCCCC1. The Morgan fingerprint density at radius 2 is 1.90 bits per heavy atom. The van der Waals surface area contributed by atoms with E-state index in [1.54, 1.807) is 11.3 Å². The number of hydrogen-bond donors (Lipinski definition) is 1. The second-order valence-electron chi connectivity index (χ2n) is 6.31. The smallest absolute Gasteiger partial charge is 0.0931 e. The van der Waals surface area contributed by atoms with Crippen molar-refractivity contribution in [3.63, 3.8) is 0 Å². The number of nitrogens with one attached hydrogen (secondary N) is 1. The van der Waals surface area contributed by atoms with Crippen LogP contribution in [0.4, 0.5) is 0 Å². The van der Waals surface area contributed by atoms with Crippen LogP contribution in [0.3, 0.4) is 0 Å². The van der Waals surface area contributed by atoms with Crippen molar-refractivity contribution in [3.05, 3.63) is 21.3 Å². The van der Waals surface area contributed by atoms with Gasteiger partial charge in [0, 0.05) is 16.5 Å². The Balaban J connectivity index is 2.07. The summed E-state index contributed by atoms with van der Waals surface area (Å²) in [5, 5.41) is 3.54. The fourth-order valence-corrected chi connectivity index (χ4v) is 4.37. The van der Waals surface area contributed by atoms with Gasteiger partial charge in [-0.3, -0.25) is 4.90 Å². The summed E-state index contributed by atoms with van der Waals surface area (Å²) in [6.07, 6.45) is 6.50. The molecule has 1 aromatic heterocycles. The molecular weight excluding hydrogens is 288 g/mol. The van der Waals surface area contributed by atoms with Gasteiger partial charge >= 0.3 is 0 Å². The standard InChI is InChI=1S/C16H27ClN2S/c1-16(2,19-10-6-4-5-7-11-19)14(18-3)12-13-8-9-15(17)20-13/h8-9,14,18H,4-7,10-12H2,1-3H3. The average molecular weight is 315 g/mol. The molecule has 0 amide bonds. The Labute approximate surface area is 132 Å². The number of hydrogen-bond acceptors (Lipinski definition) is 3. The number of nitrogens with zero attached hydrogens (tertiary/aromatic N) is 1. The van der Waals surface area contributed by atoms with Gasteiger partial charge in [-0.1, -0.05) is 24.4 Å². The van der Waals surface area contributed by atoms with Crippen molar-refractivity contribution in [1.82, 2.24) is 10.2 Å². The van der Waals surface area contributed by atoms with Crippen LogP contribution in [0.15, 0.2) is 12.1 Å². The lowest BCUT2D eigenvalue weighted by Crippen LogP contribution is -2.58. The summed E-state index contributed by atoms with van der Waals surface area (Å²) in [5.41, 5.74) is 0.176. The predicted octanol–water partition coefficient (Wildman–Crippen LogP) is 4.19. The molecule has 0 spiro atoms. The van der Waals surface area contributed by atoms with Crippen LogP contribution in [-0.4, -0.2) is 36.6 Å². The zero-order chi connectivity index (χ0) is 14.6. The van der Waals surface area contributed by atoms with Gasteiger partial charge in [0.25, 0.3) is 0 Å². The Kier molecular flexibility index (Phi) is 5.91. The van der Waals surface area contributed by atoms with Gasteiger partial charge in [0.15, 0.2) is 0 Å². The van der Waals surface area contributed by atoms with E-state index >= 15 is 0 Å². The number of rotatable bonds is 5. The molecule has 1 saturated heterocycles. The minimum atomic E-state index is 0.176. The highest BCUT2D eigenvalue weighted by Gasteiger charge is 2.34. The van der Waals surface area contributed by atoms with Gasteiger partial charge in [0.1, 0.15) is 0 Å². The van der Waals surface area contributed by atoms with E-state index < -0.39 is 0 Å². The van der Waals surface area contributed by atoms with E-state index in [0.717, 1.165) is 10.8 Å². The first kappa shape index (κ1) is 16.3. The Hall–Kier alpha value is -0.0900. The van der Waals surface area contributed by atoms with E-state index in [4.69, 9.17) is 11.6 Å². The lowest BCUT2D eigenvalue weighted by atomic mass is 9.89. The monoisotopic (exact) mass is 314 g/mol. The predicted molar refractivity (Wildman–Crippen MR) is 90.0 cm³/mol. The van der Waals surface area contributed by atoms with Crippen molar-refractivity contribution >= 4 is 22.9 Å². The number of likely N-dealkylation sites (N-methyl/N-ethyl adjacent to an activating group) is 1. The molecule has 0 aliphatic carbocycles. The summed E-state index contributed by atoms with van der Waals surface area (Å²) in [6, 6.07) is 4.62. The third-order valence-corrected chi connectivity index (χ3v) is 5.91. The highest BCUT2D eigenvalue weighted by Crippen LogP contribution is 2.28. The second-order valence-corrected chi connectivity index (χ2v) is 8.11. The van der Waals surface area contributed by atoms with Gasteiger partial charge in [-0.2, -0.15) is 0 Å². The zero-order valence-corrected chi connectivity index (χ0v) is 14.5. The summed E-state index contributed by atoms with van der Waals surface area (Å²) in [4.78, 5) is 4.05. The maximum absolute atomic E-state index is 6.06. The first-order valence-electron chi connectivity index (χ1n) is 7.70. The van der Waals surface area contributed by atoms with Crippen molar-refractivity contribution in [2.24, 2.45) is 0 Å². The molecule has 1 N–H and O–H groups in total. The van der Waals surface area contributed by atoms with Crippen LogP contribution in [-0.2, 0) is 6.42 Å². The summed E-state index contributed by atoms with van der Waals surface area (Å²) in [6.45, 7) is 7.23. The topological polar surface area (TPSA) is 15.3 Å². The fraction of sp³-hybridized carbons (Fsp3) is 0.750. The van der Waals surface area contributed by atoms with Crippen molar-refractivity contribution in [2.75, 3.05) is 20.1 Å². The highest BCUT2D eigenvalue weighted by atomic mass is 35.5. The number of thiophene rings is 1. The van der Waals surface area contributed by atoms with E-state index in [9.17, 15) is 0 Å². The molecule has 1 unspecified atom stereocenters. The van der Waals surface area contributed by atoms with Crippen LogP contribution in [0.2, 0.25) is 4.34 Å². The van der Waals surface area contributed by atoms with E-state index in [2.05, 4.69) is 37.2 Å². The Bertz CT molecular complexity index is 408. The van der Waals surface area contributed by atoms with Crippen molar-refractivity contribution in [3.8, 4) is 0 Å². The highest BCUT2D eigenvalue weighted by molar-refractivity contribution is 7.16. The molecule has 0 radical (unpaired) electrons. The molecule has 1 fully saturated rings. The van der Waals surface area contributed by atoms with E-state index in [0.29, 0.717) is 6.04 Å². The van der Waals surface area contributed by atoms with Gasteiger partial charge in [-0.15, -0.1) is 11.3 Å². The van der Waals surface area contributed by atoms with Crippen LogP contribution in [0, 0.1) is 0 Å². The van der Waals surface area contributed by atoms with Gasteiger partial charge in [-0.05, 0) is 65.4 Å². The van der Waals surface area contributed by atoms with Crippen molar-refractivity contribution < 1.29 is 0 Å². The zero-order valence-electron chi connectivity index (χ0n) is 12.9. The molecule has 2 rings (SSSR count). The number of likely N-dealkylation sites (tertiary alicyclic amines) is 1. The molecule has 0 aromatic carbocycles.